The Kier molecular flexibility index (Phi) is 6.30. The summed E-state index contributed by atoms with van der Waals surface area (Å²) in [4.78, 5) is 2.42. The van der Waals surface area contributed by atoms with Gasteiger partial charge in [-0.05, 0) is 38.1 Å². The predicted molar refractivity (Wildman–Crippen MR) is 72.0 cm³/mol. The van der Waals surface area contributed by atoms with Crippen LogP contribution in [-0.2, 0) is 6.54 Å². The van der Waals surface area contributed by atoms with Crippen molar-refractivity contribution in [1.29, 1.82) is 0 Å². The molecule has 0 amide bonds. The van der Waals surface area contributed by atoms with Gasteiger partial charge in [-0.1, -0.05) is 20.8 Å². The Morgan fingerprint density at radius 1 is 1.29 bits per heavy atom. The van der Waals surface area contributed by atoms with Crippen molar-refractivity contribution in [2.45, 2.75) is 40.3 Å². The van der Waals surface area contributed by atoms with Gasteiger partial charge in [0.2, 0.25) is 0 Å². The summed E-state index contributed by atoms with van der Waals surface area (Å²) in [6.07, 6.45) is 1.74. The zero-order valence-corrected chi connectivity index (χ0v) is 11.6. The molecule has 0 spiro atoms. The highest BCUT2D eigenvalue weighted by Gasteiger charge is 2.13. The third-order valence-corrected chi connectivity index (χ3v) is 2.96. The normalized spacial score (nSPS) is 13.5. The van der Waals surface area contributed by atoms with E-state index < -0.39 is 0 Å². The van der Waals surface area contributed by atoms with Gasteiger partial charge in [-0.2, -0.15) is 0 Å². The highest BCUT2D eigenvalue weighted by Crippen LogP contribution is 2.08. The molecule has 1 unspecified atom stereocenters. The molecule has 0 fully saturated rings. The minimum atomic E-state index is 0.531. The second kappa shape index (κ2) is 7.51. The van der Waals surface area contributed by atoms with Crippen LogP contribution in [0.3, 0.4) is 0 Å². The highest BCUT2D eigenvalue weighted by atomic mass is 16.3. The van der Waals surface area contributed by atoms with Crippen LogP contribution in [0, 0.1) is 5.92 Å². The maximum atomic E-state index is 5.40. The maximum Gasteiger partial charge on any atom is 0.117 e. The second-order valence-corrected chi connectivity index (χ2v) is 5.04. The summed E-state index contributed by atoms with van der Waals surface area (Å²) in [5, 5.41) is 3.51. The summed E-state index contributed by atoms with van der Waals surface area (Å²) < 4.78 is 5.40. The first kappa shape index (κ1) is 14.3. The fourth-order valence-electron chi connectivity index (χ4n) is 1.89. The third kappa shape index (κ3) is 5.37. The van der Waals surface area contributed by atoms with Crippen LogP contribution in [0.1, 0.15) is 33.5 Å². The Morgan fingerprint density at radius 3 is 2.59 bits per heavy atom. The first-order chi connectivity index (χ1) is 8.13. The number of hydrogen-bond acceptors (Lipinski definition) is 3. The highest BCUT2D eigenvalue weighted by molar-refractivity contribution is 4.98. The van der Waals surface area contributed by atoms with Gasteiger partial charge in [0.25, 0.3) is 0 Å². The van der Waals surface area contributed by atoms with Gasteiger partial charge < -0.3 is 9.73 Å². The third-order valence-electron chi connectivity index (χ3n) is 2.96. The topological polar surface area (TPSA) is 28.4 Å². The van der Waals surface area contributed by atoms with Gasteiger partial charge in [-0.25, -0.2) is 0 Å². The van der Waals surface area contributed by atoms with E-state index in [0.29, 0.717) is 12.0 Å². The summed E-state index contributed by atoms with van der Waals surface area (Å²) in [7, 11) is 0. The molecule has 3 nitrogen and oxygen atoms in total. The lowest BCUT2D eigenvalue weighted by molar-refractivity contribution is 0.190. The summed E-state index contributed by atoms with van der Waals surface area (Å²) in [6, 6.07) is 4.52. The molecule has 0 radical (unpaired) electrons. The van der Waals surface area contributed by atoms with Crippen LogP contribution in [0.2, 0.25) is 0 Å². The molecule has 0 aromatic carbocycles. The van der Waals surface area contributed by atoms with Crippen molar-refractivity contribution in [1.82, 2.24) is 10.2 Å². The summed E-state index contributed by atoms with van der Waals surface area (Å²) in [5.74, 6) is 1.75. The molecule has 1 atom stereocenters. The van der Waals surface area contributed by atoms with Crippen LogP contribution in [0.4, 0.5) is 0 Å². The van der Waals surface area contributed by atoms with Gasteiger partial charge in [0.05, 0.1) is 12.8 Å². The van der Waals surface area contributed by atoms with Gasteiger partial charge in [-0.15, -0.1) is 0 Å². The standard InChI is InChI=1S/C14H26N2O/c1-5-16(11-14-7-6-8-17-14)13(4)10-15-9-12(2)3/h6-8,12-13,15H,5,9-11H2,1-4H3. The van der Waals surface area contributed by atoms with Crippen molar-refractivity contribution >= 4 is 0 Å². The molecule has 1 aromatic heterocycles. The van der Waals surface area contributed by atoms with E-state index in [1.54, 1.807) is 6.26 Å². The first-order valence-corrected chi connectivity index (χ1v) is 6.60. The van der Waals surface area contributed by atoms with Gasteiger partial charge in [0, 0.05) is 12.6 Å². The Morgan fingerprint density at radius 2 is 2.06 bits per heavy atom. The molecule has 0 saturated heterocycles. The Balaban J connectivity index is 2.33. The molecule has 17 heavy (non-hydrogen) atoms. The van der Waals surface area contributed by atoms with Crippen molar-refractivity contribution < 1.29 is 4.42 Å². The SMILES string of the molecule is CCN(Cc1ccco1)C(C)CNCC(C)C. The number of nitrogens with one attached hydrogen (secondary N) is 1. The van der Waals surface area contributed by atoms with Crippen molar-refractivity contribution in [3.63, 3.8) is 0 Å². The van der Waals surface area contributed by atoms with Crippen LogP contribution in [0.5, 0.6) is 0 Å². The first-order valence-electron chi connectivity index (χ1n) is 6.60. The Labute approximate surface area is 105 Å². The minimum absolute atomic E-state index is 0.531. The fraction of sp³-hybridized carbons (Fsp3) is 0.714. The molecule has 98 valence electrons. The smallest absolute Gasteiger partial charge is 0.117 e. The number of likely N-dealkylation sites (N-methyl/N-ethyl adjacent to an activating group) is 1. The Bertz CT molecular complexity index is 282. The molecule has 0 aliphatic carbocycles. The summed E-state index contributed by atoms with van der Waals surface area (Å²) in [6.45, 7) is 13.0. The molecule has 0 aliphatic heterocycles. The molecule has 1 rings (SSSR count). The van der Waals surface area contributed by atoms with Crippen molar-refractivity contribution in [2.24, 2.45) is 5.92 Å². The van der Waals surface area contributed by atoms with E-state index in [2.05, 4.69) is 37.9 Å². The van der Waals surface area contributed by atoms with E-state index >= 15 is 0 Å². The van der Waals surface area contributed by atoms with Crippen molar-refractivity contribution in [3.8, 4) is 0 Å². The van der Waals surface area contributed by atoms with E-state index in [0.717, 1.165) is 31.9 Å². The monoisotopic (exact) mass is 238 g/mol. The van der Waals surface area contributed by atoms with Crippen molar-refractivity contribution in [3.05, 3.63) is 24.2 Å². The summed E-state index contributed by atoms with van der Waals surface area (Å²) in [5.41, 5.74) is 0. The van der Waals surface area contributed by atoms with E-state index in [-0.39, 0.29) is 0 Å². The lowest BCUT2D eigenvalue weighted by Gasteiger charge is -2.27. The predicted octanol–water partition coefficient (Wildman–Crippen LogP) is 2.74. The lowest BCUT2D eigenvalue weighted by atomic mass is 10.2. The average molecular weight is 238 g/mol. The molecule has 1 aromatic rings. The maximum absolute atomic E-state index is 5.40. The zero-order valence-electron chi connectivity index (χ0n) is 11.6. The van der Waals surface area contributed by atoms with Crippen LogP contribution in [0.25, 0.3) is 0 Å². The van der Waals surface area contributed by atoms with Crippen molar-refractivity contribution in [2.75, 3.05) is 19.6 Å². The number of nitrogens with zero attached hydrogens (tertiary/aromatic N) is 1. The molecule has 0 bridgehead atoms. The molecular weight excluding hydrogens is 212 g/mol. The number of rotatable bonds is 8. The van der Waals surface area contributed by atoms with Crippen LogP contribution in [0.15, 0.2) is 22.8 Å². The van der Waals surface area contributed by atoms with E-state index in [4.69, 9.17) is 4.42 Å². The lowest BCUT2D eigenvalue weighted by Crippen LogP contribution is -2.40. The molecule has 0 saturated carbocycles. The Hall–Kier alpha value is -0.800. The molecule has 3 heteroatoms. The van der Waals surface area contributed by atoms with Crippen LogP contribution in [-0.4, -0.2) is 30.6 Å². The molecular formula is C14H26N2O. The quantitative estimate of drug-likeness (QED) is 0.755. The van der Waals surface area contributed by atoms with E-state index in [9.17, 15) is 0 Å². The summed E-state index contributed by atoms with van der Waals surface area (Å²) >= 11 is 0. The zero-order chi connectivity index (χ0) is 12.7. The number of furan rings is 1. The fourth-order valence-corrected chi connectivity index (χ4v) is 1.89. The van der Waals surface area contributed by atoms with Gasteiger partial charge in [0.1, 0.15) is 5.76 Å². The van der Waals surface area contributed by atoms with Crippen LogP contribution >= 0.6 is 0 Å². The average Bonchev–Trinajstić information content (AvgIpc) is 2.77. The van der Waals surface area contributed by atoms with Gasteiger partial charge in [-0.3, -0.25) is 4.90 Å². The van der Waals surface area contributed by atoms with Gasteiger partial charge >= 0.3 is 0 Å². The minimum Gasteiger partial charge on any atom is -0.468 e. The second-order valence-electron chi connectivity index (χ2n) is 5.04. The van der Waals surface area contributed by atoms with E-state index in [1.807, 2.05) is 12.1 Å². The molecule has 1 N–H and O–H groups in total. The van der Waals surface area contributed by atoms with E-state index in [1.165, 1.54) is 0 Å². The largest absolute Gasteiger partial charge is 0.468 e. The number of hydrogen-bond donors (Lipinski definition) is 1. The molecule has 1 heterocycles. The molecule has 0 aliphatic rings. The van der Waals surface area contributed by atoms with Gasteiger partial charge in [0.15, 0.2) is 0 Å². The van der Waals surface area contributed by atoms with Crippen LogP contribution < -0.4 is 5.32 Å².